The summed E-state index contributed by atoms with van der Waals surface area (Å²) in [5.74, 6) is -2.55. The molecule has 0 aliphatic carbocycles. The molecule has 0 atom stereocenters. The number of halogens is 6. The second kappa shape index (κ2) is 4.11. The van der Waals surface area contributed by atoms with Gasteiger partial charge in [-0.2, -0.15) is 26.3 Å². The van der Waals surface area contributed by atoms with E-state index in [-0.39, 0.29) is 0 Å². The van der Waals surface area contributed by atoms with E-state index >= 15 is 0 Å². The monoisotopic (exact) mass is 241 g/mol. The Morgan fingerprint density at radius 3 is 2.07 bits per heavy atom. The summed E-state index contributed by atoms with van der Waals surface area (Å²) < 4.78 is 109. The number of carbonyl (C=O) groups excluding carboxylic acids is 1. The van der Waals surface area contributed by atoms with Gasteiger partial charge in [-0.1, -0.05) is 6.53 Å². The van der Waals surface area contributed by atoms with Gasteiger partial charge in [0.05, 0.1) is 2.74 Å². The molecule has 0 saturated carbocycles. The Labute approximate surface area is 87.5 Å². The van der Waals surface area contributed by atoms with E-state index in [9.17, 15) is 31.1 Å². The third-order valence-corrected chi connectivity index (χ3v) is 1.02. The number of alkyl halides is 6. The molecule has 0 rings (SSSR count). The number of hydrogen-bond donors (Lipinski definition) is 0. The van der Waals surface area contributed by atoms with Gasteiger partial charge in [0.1, 0.15) is 0 Å². The van der Waals surface area contributed by atoms with Crippen molar-refractivity contribution in [3.63, 3.8) is 0 Å². The number of rotatable bonds is 2. The maximum Gasteiger partial charge on any atom is 0.434 e. The third kappa shape index (κ3) is 4.22. The highest BCUT2D eigenvalue weighted by atomic mass is 19.4. The lowest BCUT2D eigenvalue weighted by atomic mass is 10.3. The summed E-state index contributed by atoms with van der Waals surface area (Å²) in [6.07, 6.45) is -16.6. The third-order valence-electron chi connectivity index (χ3n) is 1.02. The van der Waals surface area contributed by atoms with Gasteiger partial charge in [0.25, 0.3) is 6.10 Å². The van der Waals surface area contributed by atoms with Crippen molar-refractivity contribution in [2.75, 3.05) is 0 Å². The SMILES string of the molecule is [2H]C([2H])=C(C(=O)OC(C(F)(F)F)C(F)(F)F)C([2H])([2H])[2H]. The van der Waals surface area contributed by atoms with Crippen LogP contribution in [0, 0.1) is 0 Å². The van der Waals surface area contributed by atoms with Crippen molar-refractivity contribution in [1.29, 1.82) is 0 Å². The molecular weight excluding hydrogens is 230 g/mol. The van der Waals surface area contributed by atoms with E-state index in [0.717, 1.165) is 0 Å². The van der Waals surface area contributed by atoms with Gasteiger partial charge in [0.15, 0.2) is 0 Å². The Morgan fingerprint density at radius 1 is 1.33 bits per heavy atom. The minimum Gasteiger partial charge on any atom is -0.439 e. The lowest BCUT2D eigenvalue weighted by molar-refractivity contribution is -0.312. The van der Waals surface area contributed by atoms with Gasteiger partial charge in [-0.05, 0) is 6.85 Å². The molecular formula is C7H6F6O2. The fourth-order valence-corrected chi connectivity index (χ4v) is 0.485. The highest BCUT2D eigenvalue weighted by Gasteiger charge is 2.59. The van der Waals surface area contributed by atoms with E-state index in [0.29, 0.717) is 0 Å². The molecule has 0 fully saturated rings. The molecule has 0 saturated heterocycles. The molecule has 0 aliphatic rings. The van der Waals surface area contributed by atoms with Crippen molar-refractivity contribution in [2.45, 2.75) is 25.3 Å². The van der Waals surface area contributed by atoms with E-state index in [1.165, 1.54) is 0 Å². The Bertz CT molecular complexity index is 391. The van der Waals surface area contributed by atoms with Crippen LogP contribution in [0.2, 0.25) is 0 Å². The minimum atomic E-state index is -6.02. The highest BCUT2D eigenvalue weighted by molar-refractivity contribution is 5.87. The van der Waals surface area contributed by atoms with Crippen LogP contribution in [0.1, 0.15) is 13.7 Å². The van der Waals surface area contributed by atoms with Crippen molar-refractivity contribution < 1.29 is 42.7 Å². The smallest absolute Gasteiger partial charge is 0.434 e. The standard InChI is InChI=1S/C7H6F6O2/c1-3(2)4(14)15-5(6(8,9)10)7(11,12)13/h5H,1H2,2H3/i1D2,2D3. The van der Waals surface area contributed by atoms with Crippen molar-refractivity contribution in [2.24, 2.45) is 0 Å². The number of esters is 1. The Kier molecular flexibility index (Phi) is 1.95. The van der Waals surface area contributed by atoms with Crippen LogP contribution in [-0.4, -0.2) is 24.4 Å². The first-order valence-electron chi connectivity index (χ1n) is 5.61. The molecule has 0 aliphatic heterocycles. The van der Waals surface area contributed by atoms with Gasteiger partial charge >= 0.3 is 18.3 Å². The first-order chi connectivity index (χ1) is 8.58. The normalized spacial score (nSPS) is 18.2. The van der Waals surface area contributed by atoms with Gasteiger partial charge in [0, 0.05) is 9.69 Å². The molecule has 8 heteroatoms. The molecule has 2 nitrogen and oxygen atoms in total. The van der Waals surface area contributed by atoms with Crippen molar-refractivity contribution >= 4 is 5.97 Å². The molecule has 0 unspecified atom stereocenters. The molecule has 0 spiro atoms. The van der Waals surface area contributed by atoms with Crippen LogP contribution in [0.15, 0.2) is 12.1 Å². The largest absolute Gasteiger partial charge is 0.439 e. The van der Waals surface area contributed by atoms with Crippen LogP contribution in [0.3, 0.4) is 0 Å². The summed E-state index contributed by atoms with van der Waals surface area (Å²) in [4.78, 5) is 11.1. The van der Waals surface area contributed by atoms with Crippen LogP contribution < -0.4 is 0 Å². The van der Waals surface area contributed by atoms with Crippen LogP contribution in [0.25, 0.3) is 0 Å². The van der Waals surface area contributed by atoms with Gasteiger partial charge in [-0.15, -0.1) is 0 Å². The highest BCUT2D eigenvalue weighted by Crippen LogP contribution is 2.35. The van der Waals surface area contributed by atoms with Gasteiger partial charge < -0.3 is 4.74 Å². The summed E-state index contributed by atoms with van der Waals surface area (Å²) in [7, 11) is 0. The van der Waals surface area contributed by atoms with Crippen LogP contribution in [0.4, 0.5) is 26.3 Å². The molecule has 0 heterocycles. The summed E-state index contributed by atoms with van der Waals surface area (Å²) in [6.45, 7) is -5.32. The first kappa shape index (κ1) is 7.13. The average molecular weight is 241 g/mol. The van der Waals surface area contributed by atoms with Gasteiger partial charge in [0.2, 0.25) is 0 Å². The lowest BCUT2D eigenvalue weighted by Gasteiger charge is -2.22. The average Bonchev–Trinajstić information content (AvgIpc) is 2.06. The Hall–Kier alpha value is -1.21. The second-order valence-electron chi connectivity index (χ2n) is 2.24. The van der Waals surface area contributed by atoms with E-state index < -0.39 is 43.4 Å². The molecule has 0 aromatic rings. The fraction of sp³-hybridized carbons (Fsp3) is 0.571. The summed E-state index contributed by atoms with van der Waals surface area (Å²) in [5, 5.41) is 0. The Morgan fingerprint density at radius 2 is 1.80 bits per heavy atom. The fourth-order valence-electron chi connectivity index (χ4n) is 0.485. The predicted molar refractivity (Wildman–Crippen MR) is 36.8 cm³/mol. The molecule has 88 valence electrons. The van der Waals surface area contributed by atoms with Gasteiger partial charge in [-0.25, -0.2) is 4.79 Å². The van der Waals surface area contributed by atoms with Gasteiger partial charge in [-0.3, -0.25) is 0 Å². The molecule has 0 radical (unpaired) electrons. The molecule has 0 aromatic heterocycles. The summed E-state index contributed by atoms with van der Waals surface area (Å²) >= 11 is 0. The first-order valence-corrected chi connectivity index (χ1v) is 3.11. The zero-order chi connectivity index (χ0) is 16.5. The Balaban J connectivity index is 5.49. The maximum absolute atomic E-state index is 12.1. The number of ether oxygens (including phenoxy) is 1. The summed E-state index contributed by atoms with van der Waals surface area (Å²) in [6, 6.07) is 0. The van der Waals surface area contributed by atoms with E-state index in [1.807, 2.05) is 0 Å². The molecule has 0 amide bonds. The van der Waals surface area contributed by atoms with Crippen molar-refractivity contribution in [1.82, 2.24) is 0 Å². The lowest BCUT2D eigenvalue weighted by Crippen LogP contribution is -2.45. The van der Waals surface area contributed by atoms with E-state index in [1.54, 1.807) is 0 Å². The zero-order valence-electron chi connectivity index (χ0n) is 11.7. The summed E-state index contributed by atoms with van der Waals surface area (Å²) in [5.41, 5.74) is -1.88. The second-order valence-corrected chi connectivity index (χ2v) is 2.24. The zero-order valence-corrected chi connectivity index (χ0v) is 6.66. The topological polar surface area (TPSA) is 26.3 Å². The molecule has 0 bridgehead atoms. The van der Waals surface area contributed by atoms with Crippen LogP contribution in [0.5, 0.6) is 0 Å². The predicted octanol–water partition coefficient (Wildman–Crippen LogP) is 2.60. The van der Waals surface area contributed by atoms with Crippen molar-refractivity contribution in [3.8, 4) is 0 Å². The number of hydrogen-bond acceptors (Lipinski definition) is 2. The molecule has 15 heavy (non-hydrogen) atoms. The molecule has 0 aromatic carbocycles. The number of carbonyl (C=O) groups is 1. The maximum atomic E-state index is 12.1. The molecule has 0 N–H and O–H groups in total. The van der Waals surface area contributed by atoms with Crippen molar-refractivity contribution in [3.05, 3.63) is 12.1 Å². The van der Waals surface area contributed by atoms with Crippen LogP contribution in [-0.2, 0) is 9.53 Å². The van der Waals surface area contributed by atoms with E-state index in [4.69, 9.17) is 6.85 Å². The van der Waals surface area contributed by atoms with Crippen LogP contribution >= 0.6 is 0 Å². The quantitative estimate of drug-likeness (QED) is 0.422. The van der Waals surface area contributed by atoms with E-state index in [2.05, 4.69) is 4.74 Å². The minimum absolute atomic E-state index is 1.77.